The molecule has 0 fully saturated rings. The van der Waals surface area contributed by atoms with Crippen molar-refractivity contribution in [3.63, 3.8) is 0 Å². The molecule has 0 atom stereocenters. The fourth-order valence-electron chi connectivity index (χ4n) is 6.21. The summed E-state index contributed by atoms with van der Waals surface area (Å²) in [5.74, 6) is 0. The quantitative estimate of drug-likeness (QED) is 0.252. The van der Waals surface area contributed by atoms with Crippen molar-refractivity contribution in [1.29, 1.82) is 0 Å². The number of fused-ring (bicyclic) bond motifs is 10. The first-order chi connectivity index (χ1) is 17.7. The highest BCUT2D eigenvalue weighted by Gasteiger charge is 2.16. The maximum atomic E-state index is 6.36. The smallest absolute Gasteiger partial charge is 0.159 e. The minimum atomic E-state index is 0.901. The van der Waals surface area contributed by atoms with Gasteiger partial charge in [0.15, 0.2) is 5.58 Å². The van der Waals surface area contributed by atoms with Crippen molar-refractivity contribution in [1.82, 2.24) is 9.13 Å². The summed E-state index contributed by atoms with van der Waals surface area (Å²) in [4.78, 5) is 0. The third-order valence-electron chi connectivity index (χ3n) is 7.95. The van der Waals surface area contributed by atoms with Gasteiger partial charge in [-0.25, -0.2) is 0 Å². The van der Waals surface area contributed by atoms with Crippen LogP contribution in [0.2, 0.25) is 0 Å². The van der Waals surface area contributed by atoms with Crippen LogP contribution in [0.4, 0.5) is 0 Å². The molecule has 0 radical (unpaired) electrons. The first-order valence-corrected chi connectivity index (χ1v) is 12.4. The number of aromatic nitrogens is 2. The van der Waals surface area contributed by atoms with Crippen LogP contribution in [-0.4, -0.2) is 9.13 Å². The number of para-hydroxylation sites is 2. The van der Waals surface area contributed by atoms with Crippen molar-refractivity contribution in [3.05, 3.63) is 108 Å². The molecule has 8 rings (SSSR count). The number of nitrogens with zero attached hydrogens (tertiary/aromatic N) is 2. The van der Waals surface area contributed by atoms with Gasteiger partial charge in [0.25, 0.3) is 0 Å². The van der Waals surface area contributed by atoms with E-state index in [1.165, 1.54) is 60.0 Å². The third kappa shape index (κ3) is 2.57. The number of furan rings is 1. The zero-order chi connectivity index (χ0) is 24.0. The van der Waals surface area contributed by atoms with E-state index < -0.39 is 0 Å². The molecule has 0 aliphatic rings. The summed E-state index contributed by atoms with van der Waals surface area (Å²) >= 11 is 0. The second kappa shape index (κ2) is 7.02. The topological polar surface area (TPSA) is 23.0 Å². The summed E-state index contributed by atoms with van der Waals surface area (Å²) in [6, 6.07) is 35.2. The molecule has 3 aromatic heterocycles. The molecule has 3 nitrogen and oxygen atoms in total. The molecule has 0 spiro atoms. The molecule has 8 aromatic rings. The molecule has 0 bridgehead atoms. The lowest BCUT2D eigenvalue weighted by Gasteiger charge is -2.05. The Morgan fingerprint density at radius 3 is 1.94 bits per heavy atom. The normalized spacial score (nSPS) is 12.3. The third-order valence-corrected chi connectivity index (χ3v) is 7.95. The fourth-order valence-corrected chi connectivity index (χ4v) is 6.21. The van der Waals surface area contributed by atoms with E-state index in [1.54, 1.807) is 0 Å². The van der Waals surface area contributed by atoms with E-state index in [1.807, 2.05) is 6.07 Å². The van der Waals surface area contributed by atoms with Gasteiger partial charge >= 0.3 is 0 Å². The Morgan fingerprint density at radius 1 is 0.528 bits per heavy atom. The average Bonchev–Trinajstić information content (AvgIpc) is 3.52. The summed E-state index contributed by atoms with van der Waals surface area (Å²) in [5.41, 5.74) is 9.50. The number of hydrogen-bond donors (Lipinski definition) is 0. The van der Waals surface area contributed by atoms with Gasteiger partial charge in [0.1, 0.15) is 5.58 Å². The summed E-state index contributed by atoms with van der Waals surface area (Å²) in [6.07, 6.45) is 0.901. The van der Waals surface area contributed by atoms with Crippen LogP contribution in [0.15, 0.2) is 101 Å². The Morgan fingerprint density at radius 2 is 1.14 bits per heavy atom. The SMILES string of the molecule is Cn1c2ccccc2c2cc(Cc3ccc4c(c3)c3ccc5c6ccccc6oc5c3n4C)ccc21. The largest absolute Gasteiger partial charge is 0.454 e. The van der Waals surface area contributed by atoms with Crippen LogP contribution in [-0.2, 0) is 20.5 Å². The summed E-state index contributed by atoms with van der Waals surface area (Å²) in [5, 5.41) is 7.50. The molecule has 0 amide bonds. The molecule has 0 aliphatic heterocycles. The predicted octanol–water partition coefficient (Wildman–Crippen LogP) is 8.47. The second-order valence-electron chi connectivity index (χ2n) is 9.95. The lowest BCUT2D eigenvalue weighted by Crippen LogP contribution is -1.91. The number of rotatable bonds is 2. The minimum Gasteiger partial charge on any atom is -0.454 e. The number of aryl methyl sites for hydroxylation is 2. The van der Waals surface area contributed by atoms with Gasteiger partial charge in [-0.3, -0.25) is 0 Å². The van der Waals surface area contributed by atoms with Crippen molar-refractivity contribution in [3.8, 4) is 0 Å². The molecule has 0 saturated heterocycles. The molecule has 0 unspecified atom stereocenters. The molecule has 0 saturated carbocycles. The van der Waals surface area contributed by atoms with Crippen LogP contribution in [0.1, 0.15) is 11.1 Å². The fraction of sp³-hybridized carbons (Fsp3) is 0.0909. The highest BCUT2D eigenvalue weighted by molar-refractivity contribution is 6.20. The summed E-state index contributed by atoms with van der Waals surface area (Å²) in [6.45, 7) is 0. The highest BCUT2D eigenvalue weighted by atomic mass is 16.3. The van der Waals surface area contributed by atoms with Crippen molar-refractivity contribution in [2.24, 2.45) is 14.1 Å². The number of hydrogen-bond acceptors (Lipinski definition) is 1. The maximum absolute atomic E-state index is 6.36. The summed E-state index contributed by atoms with van der Waals surface area (Å²) < 4.78 is 10.9. The Balaban J connectivity index is 1.29. The zero-order valence-corrected chi connectivity index (χ0v) is 20.2. The second-order valence-corrected chi connectivity index (χ2v) is 9.95. The van der Waals surface area contributed by atoms with E-state index in [0.717, 1.165) is 23.1 Å². The minimum absolute atomic E-state index is 0.901. The van der Waals surface area contributed by atoms with Gasteiger partial charge in [-0.15, -0.1) is 0 Å². The van der Waals surface area contributed by atoms with Gasteiger partial charge in [-0.2, -0.15) is 0 Å². The molecule has 172 valence electrons. The highest BCUT2D eigenvalue weighted by Crippen LogP contribution is 2.38. The van der Waals surface area contributed by atoms with Crippen LogP contribution < -0.4 is 0 Å². The van der Waals surface area contributed by atoms with Crippen LogP contribution in [0.5, 0.6) is 0 Å². The van der Waals surface area contributed by atoms with Crippen molar-refractivity contribution >= 4 is 65.6 Å². The first kappa shape index (κ1) is 19.8. The van der Waals surface area contributed by atoms with E-state index in [4.69, 9.17) is 4.42 Å². The van der Waals surface area contributed by atoms with E-state index >= 15 is 0 Å². The van der Waals surface area contributed by atoms with Gasteiger partial charge in [0.2, 0.25) is 0 Å². The molecule has 36 heavy (non-hydrogen) atoms. The Kier molecular flexibility index (Phi) is 3.85. The standard InChI is InChI=1S/C33H24N2O/c1-34-28-9-5-3-7-22(28)26-18-20(11-15-29(26)34)17-21-12-16-30-27(19-21)24-13-14-25-23-8-4-6-10-31(23)36-33(25)32(24)35(30)2/h3-16,18-19H,17H2,1-2H3. The van der Waals surface area contributed by atoms with Crippen molar-refractivity contribution < 1.29 is 4.42 Å². The predicted molar refractivity (Wildman–Crippen MR) is 151 cm³/mol. The van der Waals surface area contributed by atoms with Gasteiger partial charge in [-0.05, 0) is 60.0 Å². The Labute approximate surface area is 207 Å². The Hall–Kier alpha value is -4.50. The molecule has 0 N–H and O–H groups in total. The van der Waals surface area contributed by atoms with Gasteiger partial charge in [-0.1, -0.05) is 54.6 Å². The summed E-state index contributed by atoms with van der Waals surface area (Å²) in [7, 11) is 4.29. The van der Waals surface area contributed by atoms with E-state index in [9.17, 15) is 0 Å². The van der Waals surface area contributed by atoms with E-state index in [-0.39, 0.29) is 0 Å². The van der Waals surface area contributed by atoms with E-state index in [0.29, 0.717) is 0 Å². The lowest BCUT2D eigenvalue weighted by molar-refractivity contribution is 0.670. The molecule has 3 heteroatoms. The average molecular weight is 465 g/mol. The van der Waals surface area contributed by atoms with Gasteiger partial charge in [0, 0.05) is 63.0 Å². The number of benzene rings is 5. The zero-order valence-electron chi connectivity index (χ0n) is 20.2. The lowest BCUT2D eigenvalue weighted by atomic mass is 10.0. The van der Waals surface area contributed by atoms with Crippen LogP contribution in [0.3, 0.4) is 0 Å². The maximum Gasteiger partial charge on any atom is 0.159 e. The Bertz CT molecular complexity index is 2150. The molecule has 5 aromatic carbocycles. The van der Waals surface area contributed by atoms with E-state index in [2.05, 4.69) is 114 Å². The monoisotopic (exact) mass is 464 g/mol. The molecular formula is C33H24N2O. The molecular weight excluding hydrogens is 440 g/mol. The van der Waals surface area contributed by atoms with Crippen molar-refractivity contribution in [2.45, 2.75) is 6.42 Å². The van der Waals surface area contributed by atoms with Gasteiger partial charge < -0.3 is 13.6 Å². The van der Waals surface area contributed by atoms with Crippen molar-refractivity contribution in [2.75, 3.05) is 0 Å². The first-order valence-electron chi connectivity index (χ1n) is 12.4. The molecule has 3 heterocycles. The van der Waals surface area contributed by atoms with Gasteiger partial charge in [0.05, 0.1) is 5.52 Å². The van der Waals surface area contributed by atoms with Crippen LogP contribution in [0.25, 0.3) is 65.6 Å². The van der Waals surface area contributed by atoms with Crippen LogP contribution in [0, 0.1) is 0 Å². The van der Waals surface area contributed by atoms with Crippen LogP contribution >= 0.6 is 0 Å². The molecule has 0 aliphatic carbocycles.